The number of hydrogen-bond acceptors (Lipinski definition) is 17. The molecule has 0 N–H and O–H groups in total. The number of methoxy groups -OCH3 is 1. The molecule has 0 unspecified atom stereocenters. The van der Waals surface area contributed by atoms with Gasteiger partial charge < -0.3 is 56.8 Å². The highest BCUT2D eigenvalue weighted by atomic mass is 19.5. The number of carbonyl (C=O) groups is 5. The van der Waals surface area contributed by atoms with E-state index in [-0.39, 0.29) is 121 Å². The molecular formula is C99H70F30O17. The van der Waals surface area contributed by atoms with Gasteiger partial charge in [0.2, 0.25) is 27.1 Å². The molecule has 0 amide bonds. The van der Waals surface area contributed by atoms with E-state index in [4.69, 9.17) is 56.8 Å². The average molecular weight is 2100 g/mol. The fourth-order valence-corrected chi connectivity index (χ4v) is 15.8. The summed E-state index contributed by atoms with van der Waals surface area (Å²) >= 11 is 0. The predicted molar refractivity (Wildman–Crippen MR) is 454 cm³/mol. The van der Waals surface area contributed by atoms with Crippen molar-refractivity contribution in [2.24, 2.45) is 0 Å². The Balaban J connectivity index is 1.24. The highest BCUT2D eigenvalue weighted by Crippen LogP contribution is 2.63. The molecule has 0 fully saturated rings. The Bertz CT molecular complexity index is 5690. The van der Waals surface area contributed by atoms with E-state index in [0.29, 0.717) is 152 Å². The van der Waals surface area contributed by atoms with Crippen molar-refractivity contribution >= 4 is 29.8 Å². The molecular weight excluding hydrogens is 2030 g/mol. The lowest BCUT2D eigenvalue weighted by Crippen LogP contribution is -2.60. The maximum Gasteiger partial charge on any atom is 0.411 e. The first kappa shape index (κ1) is 113. The molecule has 0 atom stereocenters. The van der Waals surface area contributed by atoms with E-state index in [0.717, 1.165) is 7.11 Å². The second-order valence-electron chi connectivity index (χ2n) is 31.4. The Morgan fingerprint density at radius 2 is 0.301 bits per heavy atom. The Labute approximate surface area is 805 Å². The number of ether oxygens (including phenoxy) is 12. The zero-order chi connectivity index (χ0) is 108. The second kappa shape index (κ2) is 42.8. The van der Waals surface area contributed by atoms with Crippen LogP contribution in [0.5, 0.6) is 57.5 Å². The molecule has 0 bridgehead atoms. The summed E-state index contributed by atoms with van der Waals surface area (Å²) < 4.78 is 541. The molecule has 10 aromatic carbocycles. The number of halogens is 30. The van der Waals surface area contributed by atoms with Crippen molar-refractivity contribution in [3.05, 3.63) is 362 Å². The normalized spacial score (nSPS) is 13.1. The van der Waals surface area contributed by atoms with E-state index in [1.54, 1.807) is 0 Å². The predicted octanol–water partition coefficient (Wildman–Crippen LogP) is 25.0. The monoisotopic (exact) mass is 2100 g/mol. The molecule has 0 aromatic heterocycles. The summed E-state index contributed by atoms with van der Waals surface area (Å²) in [6.07, 6.45) is -61.7. The summed E-state index contributed by atoms with van der Waals surface area (Å²) in [6, 6.07) is 12.5. The Morgan fingerprint density at radius 3 is 0.404 bits per heavy atom. The van der Waals surface area contributed by atoms with Gasteiger partial charge in [0.15, 0.2) is 11.2 Å². The van der Waals surface area contributed by atoms with Crippen molar-refractivity contribution in [3.63, 3.8) is 0 Å². The molecule has 0 saturated carbocycles. The van der Waals surface area contributed by atoms with Crippen LogP contribution in [0.3, 0.4) is 0 Å². The van der Waals surface area contributed by atoms with Crippen molar-refractivity contribution in [1.29, 1.82) is 0 Å². The van der Waals surface area contributed by atoms with Gasteiger partial charge >= 0.3 is 91.6 Å². The SMILES string of the molecule is C=CC(=O)Oc1ccc(C(c2ccc(OCC(COC)(COc3ccc(C(c4ccc(OC(=O)C=C)cc4)(C(F)(F)F)C(F)(F)F)cc3)OC(COc3ccc(C(c4ccc(OC(=O)C=C)cc4)(C(F)(F)F)C(F)(F)F)cc3)(COc3ccc(C(c4ccc(OC(=O)C=C)cc4)(C(F)(F)F)C(F)(F)F)cc3)COc3ccc(C(c4ccc(OC(=O)C=C)cc4)(C(F)(F)F)C(F)(F)F)cc3)cc2)(C(F)(F)F)C(F)(F)F)cc1. The van der Waals surface area contributed by atoms with Crippen LogP contribution >= 0.6 is 0 Å². The smallest absolute Gasteiger partial charge is 0.411 e. The number of rotatable bonds is 39. The van der Waals surface area contributed by atoms with Gasteiger partial charge in [0.25, 0.3) is 0 Å². The van der Waals surface area contributed by atoms with Gasteiger partial charge in [-0.2, -0.15) is 132 Å². The lowest BCUT2D eigenvalue weighted by Gasteiger charge is -2.43. The number of esters is 5. The van der Waals surface area contributed by atoms with Gasteiger partial charge in [-0.3, -0.25) is 0 Å². The molecule has 146 heavy (non-hydrogen) atoms. The first-order valence-corrected chi connectivity index (χ1v) is 41.1. The first-order chi connectivity index (χ1) is 67.8. The summed E-state index contributed by atoms with van der Waals surface area (Å²) in [6.45, 7) is 5.95. The van der Waals surface area contributed by atoms with Crippen molar-refractivity contribution in [3.8, 4) is 57.5 Å². The van der Waals surface area contributed by atoms with Crippen LogP contribution in [0.4, 0.5) is 132 Å². The largest absolute Gasteiger partial charge is 0.490 e. The zero-order valence-electron chi connectivity index (χ0n) is 74.0. The minimum atomic E-state index is -6.46. The highest BCUT2D eigenvalue weighted by Gasteiger charge is 2.77. The van der Waals surface area contributed by atoms with Crippen LogP contribution in [0.15, 0.2) is 306 Å². The highest BCUT2D eigenvalue weighted by molar-refractivity contribution is 5.85. The summed E-state index contributed by atoms with van der Waals surface area (Å²) in [7, 11) is 0.723. The van der Waals surface area contributed by atoms with E-state index in [1.807, 2.05) is 0 Å². The van der Waals surface area contributed by atoms with E-state index in [9.17, 15) is 24.0 Å². The summed E-state index contributed by atoms with van der Waals surface area (Å²) in [5, 5.41) is 0. The average Bonchev–Trinajstić information content (AvgIpc) is 0.733. The lowest BCUT2D eigenvalue weighted by molar-refractivity contribution is -0.290. The maximum absolute atomic E-state index is 15.8. The van der Waals surface area contributed by atoms with Crippen LogP contribution in [0.25, 0.3) is 0 Å². The minimum Gasteiger partial charge on any atom is -0.490 e. The number of alkyl halides is 30. The van der Waals surface area contributed by atoms with Gasteiger partial charge in [-0.25, -0.2) is 24.0 Å². The number of hydrogen-bond donors (Lipinski definition) is 0. The van der Waals surface area contributed by atoms with E-state index in [2.05, 4.69) is 32.9 Å². The molecule has 0 heterocycles. The fourth-order valence-electron chi connectivity index (χ4n) is 15.8. The molecule has 10 aromatic rings. The summed E-state index contributed by atoms with van der Waals surface area (Å²) in [4.78, 5) is 60.1. The van der Waals surface area contributed by atoms with Gasteiger partial charge in [0.1, 0.15) is 90.5 Å². The molecule has 0 aliphatic carbocycles. The van der Waals surface area contributed by atoms with E-state index < -0.39 is 283 Å². The van der Waals surface area contributed by atoms with Crippen molar-refractivity contribution in [2.45, 2.75) is 100 Å². The van der Waals surface area contributed by atoms with Crippen molar-refractivity contribution in [2.75, 3.05) is 46.8 Å². The van der Waals surface area contributed by atoms with Gasteiger partial charge in [0, 0.05) is 37.5 Å². The third-order valence-corrected chi connectivity index (χ3v) is 22.4. The minimum absolute atomic E-state index is 0.121. The molecule has 778 valence electrons. The van der Waals surface area contributed by atoms with Crippen LogP contribution in [0.1, 0.15) is 55.6 Å². The molecule has 0 spiro atoms. The van der Waals surface area contributed by atoms with Crippen molar-refractivity contribution in [1.82, 2.24) is 0 Å². The quantitative estimate of drug-likeness (QED) is 0.0152. The third kappa shape index (κ3) is 22.7. The van der Waals surface area contributed by atoms with Crippen LogP contribution < -0.4 is 47.4 Å². The Kier molecular flexibility index (Phi) is 33.1. The number of carbonyl (C=O) groups excluding carboxylic acids is 5. The standard InChI is InChI=1S/C99H70F30O17/c1-7-78(130)141-73-42-22-63(23-43-73)85(90(100,101)102,91(103,104)105)58-12-32-68(33-13-58)136-53-83(52-135-6,54-137-69-34-14-59(15-35-69)86(92(106,107)108,93(109,110)111)64-24-44-74(45-25-64)142-79(131)8-2)146-84(55-138-70-36-16-60(17-37-70)87(94(112,113)114,95(115,116)117)65-26-46-75(47-27-65)143-80(132)9-3,56-139-71-38-18-61(19-39-71)88(96(118,119)120,97(121,122)123)66-28-48-76(49-29-66)144-81(133)10-4)57-140-72-40-20-62(21-41-72)89(98(124,125)126,99(127,128)129)67-30-50-77(51-31-67)145-82(134)11-5/h7-51H,1-5,52-57H2,6H3. The lowest BCUT2D eigenvalue weighted by atomic mass is 9.73. The molecule has 0 aliphatic heterocycles. The fraction of sp³-hybridized carbons (Fsp3) is 0.242. The van der Waals surface area contributed by atoms with Gasteiger partial charge in [-0.1, -0.05) is 154 Å². The zero-order valence-corrected chi connectivity index (χ0v) is 74.0. The van der Waals surface area contributed by atoms with Crippen LogP contribution in [0, 0.1) is 0 Å². The third-order valence-electron chi connectivity index (χ3n) is 22.4. The van der Waals surface area contributed by atoms with Crippen LogP contribution in [-0.2, 0) is 60.5 Å². The molecule has 10 rings (SSSR count). The van der Waals surface area contributed by atoms with E-state index in [1.165, 1.54) is 0 Å². The first-order valence-electron chi connectivity index (χ1n) is 41.1. The van der Waals surface area contributed by atoms with Crippen LogP contribution in [-0.4, -0.2) is 150 Å². The molecule has 0 aliphatic rings. The van der Waals surface area contributed by atoms with Gasteiger partial charge in [-0.05, 0) is 177 Å². The topological polar surface area (TPSA) is 196 Å². The van der Waals surface area contributed by atoms with Crippen LogP contribution in [0.2, 0.25) is 0 Å². The van der Waals surface area contributed by atoms with E-state index >= 15 is 132 Å². The Hall–Kier alpha value is -14.9. The number of benzene rings is 10. The molecule has 47 heteroatoms. The molecule has 0 saturated heterocycles. The second-order valence-corrected chi connectivity index (χ2v) is 31.4. The Morgan fingerprint density at radius 1 is 0.192 bits per heavy atom. The van der Waals surface area contributed by atoms with Crippen molar-refractivity contribution < 1.29 is 213 Å². The molecule has 17 nitrogen and oxygen atoms in total. The van der Waals surface area contributed by atoms with Gasteiger partial charge in [0.05, 0.1) is 6.61 Å². The maximum atomic E-state index is 15.8. The van der Waals surface area contributed by atoms with Gasteiger partial charge in [-0.15, -0.1) is 0 Å². The summed E-state index contributed by atoms with van der Waals surface area (Å²) in [5.74, 6) is -14.2. The molecule has 0 radical (unpaired) electrons. The summed E-state index contributed by atoms with van der Waals surface area (Å²) in [5.41, 5.74) is -48.8.